The van der Waals surface area contributed by atoms with Crippen LogP contribution in [0.1, 0.15) is 16.8 Å². The van der Waals surface area contributed by atoms with Crippen LogP contribution in [0.4, 0.5) is 4.79 Å². The molecule has 26 heavy (non-hydrogen) atoms. The zero-order valence-electron chi connectivity index (χ0n) is 14.6. The van der Waals surface area contributed by atoms with Gasteiger partial charge in [-0.25, -0.2) is 14.8 Å². The first-order chi connectivity index (χ1) is 12.7. The standard InChI is InChI=1S/C20H20N4O2/c1-26-17-6-4-14(5-7-17)12-22-20(25)24-10-8-18-16(13-24)11-15-3-2-9-21-19(15)23-18/h2-7,9,11H,8,10,12-13H2,1H3,(H,22,25). The van der Waals surface area contributed by atoms with Crippen LogP contribution >= 0.6 is 0 Å². The number of pyridine rings is 2. The molecule has 0 atom stereocenters. The van der Waals surface area contributed by atoms with E-state index in [1.54, 1.807) is 13.3 Å². The van der Waals surface area contributed by atoms with Crippen molar-refractivity contribution < 1.29 is 9.53 Å². The van der Waals surface area contributed by atoms with Crippen LogP contribution in [0.15, 0.2) is 48.7 Å². The van der Waals surface area contributed by atoms with E-state index in [2.05, 4.69) is 21.4 Å². The largest absolute Gasteiger partial charge is 0.497 e. The van der Waals surface area contributed by atoms with E-state index in [-0.39, 0.29) is 6.03 Å². The van der Waals surface area contributed by atoms with E-state index in [9.17, 15) is 4.79 Å². The fourth-order valence-electron chi connectivity index (χ4n) is 3.17. The number of aromatic nitrogens is 2. The summed E-state index contributed by atoms with van der Waals surface area (Å²) in [5.74, 6) is 0.807. The molecule has 0 unspecified atom stereocenters. The van der Waals surface area contributed by atoms with Crippen molar-refractivity contribution in [1.82, 2.24) is 20.2 Å². The first-order valence-electron chi connectivity index (χ1n) is 8.62. The number of hydrogen-bond acceptors (Lipinski definition) is 4. The van der Waals surface area contributed by atoms with Crippen LogP contribution in [0.2, 0.25) is 0 Å². The molecule has 0 saturated carbocycles. The van der Waals surface area contributed by atoms with E-state index in [0.717, 1.165) is 40.0 Å². The number of hydrogen-bond donors (Lipinski definition) is 1. The second-order valence-corrected chi connectivity index (χ2v) is 6.32. The molecule has 0 aliphatic carbocycles. The first-order valence-corrected chi connectivity index (χ1v) is 8.62. The Morgan fingerprint density at radius 1 is 1.27 bits per heavy atom. The number of carbonyl (C=O) groups excluding carboxylic acids is 1. The predicted octanol–water partition coefficient (Wildman–Crippen LogP) is 2.91. The summed E-state index contributed by atoms with van der Waals surface area (Å²) in [5.41, 5.74) is 3.94. The molecule has 0 fully saturated rings. The third-order valence-corrected chi connectivity index (χ3v) is 4.63. The number of carbonyl (C=O) groups is 1. The van der Waals surface area contributed by atoms with Gasteiger partial charge >= 0.3 is 6.03 Å². The average molecular weight is 348 g/mol. The molecule has 6 heteroatoms. The quantitative estimate of drug-likeness (QED) is 0.790. The highest BCUT2D eigenvalue weighted by Gasteiger charge is 2.22. The fraction of sp³-hybridized carbons (Fsp3) is 0.250. The van der Waals surface area contributed by atoms with Crippen molar-refractivity contribution in [3.05, 3.63) is 65.5 Å². The maximum absolute atomic E-state index is 12.5. The van der Waals surface area contributed by atoms with Crippen LogP contribution in [0.25, 0.3) is 11.0 Å². The molecule has 0 spiro atoms. The number of amides is 2. The summed E-state index contributed by atoms with van der Waals surface area (Å²) in [6, 6.07) is 13.6. The molecule has 0 saturated heterocycles. The summed E-state index contributed by atoms with van der Waals surface area (Å²) < 4.78 is 5.15. The number of ether oxygens (including phenoxy) is 1. The van der Waals surface area contributed by atoms with Crippen molar-refractivity contribution in [2.45, 2.75) is 19.5 Å². The molecule has 1 aliphatic heterocycles. The minimum atomic E-state index is -0.0576. The minimum Gasteiger partial charge on any atom is -0.497 e. The third kappa shape index (κ3) is 3.31. The molecule has 0 bridgehead atoms. The van der Waals surface area contributed by atoms with Crippen LogP contribution in [0, 0.1) is 0 Å². The Bertz CT molecular complexity index is 940. The second-order valence-electron chi connectivity index (χ2n) is 6.32. The number of benzene rings is 1. The number of nitrogens with zero attached hydrogens (tertiary/aromatic N) is 3. The van der Waals surface area contributed by atoms with Gasteiger partial charge in [0.1, 0.15) is 5.75 Å². The van der Waals surface area contributed by atoms with Crippen LogP contribution in [0.3, 0.4) is 0 Å². The lowest BCUT2D eigenvalue weighted by Crippen LogP contribution is -2.42. The fourth-order valence-corrected chi connectivity index (χ4v) is 3.17. The smallest absolute Gasteiger partial charge is 0.317 e. The van der Waals surface area contributed by atoms with Gasteiger partial charge in [0.25, 0.3) is 0 Å². The highest BCUT2D eigenvalue weighted by Crippen LogP contribution is 2.21. The minimum absolute atomic E-state index is 0.0576. The summed E-state index contributed by atoms with van der Waals surface area (Å²) in [6.07, 6.45) is 2.50. The molecular weight excluding hydrogens is 328 g/mol. The number of fused-ring (bicyclic) bond motifs is 2. The summed E-state index contributed by atoms with van der Waals surface area (Å²) in [5, 5.41) is 3.99. The highest BCUT2D eigenvalue weighted by atomic mass is 16.5. The van der Waals surface area contributed by atoms with E-state index in [1.807, 2.05) is 41.3 Å². The molecule has 1 aliphatic rings. The van der Waals surface area contributed by atoms with Crippen molar-refractivity contribution in [1.29, 1.82) is 0 Å². The van der Waals surface area contributed by atoms with Crippen LogP contribution in [-0.2, 0) is 19.5 Å². The Hall–Kier alpha value is -3.15. The second kappa shape index (κ2) is 7.00. The molecular formula is C20H20N4O2. The Morgan fingerprint density at radius 2 is 2.12 bits per heavy atom. The predicted molar refractivity (Wildman–Crippen MR) is 98.9 cm³/mol. The van der Waals surface area contributed by atoms with E-state index >= 15 is 0 Å². The number of nitrogens with one attached hydrogen (secondary N) is 1. The molecule has 132 valence electrons. The molecule has 6 nitrogen and oxygen atoms in total. The molecule has 1 aromatic carbocycles. The average Bonchev–Trinajstić information content (AvgIpc) is 2.70. The SMILES string of the molecule is COc1ccc(CNC(=O)N2CCc3nc4ncccc4cc3C2)cc1. The van der Waals surface area contributed by atoms with Gasteiger partial charge in [0.2, 0.25) is 0 Å². The van der Waals surface area contributed by atoms with E-state index < -0.39 is 0 Å². The maximum atomic E-state index is 12.5. The lowest BCUT2D eigenvalue weighted by molar-refractivity contribution is 0.191. The highest BCUT2D eigenvalue weighted by molar-refractivity contribution is 5.77. The molecule has 3 aromatic rings. The lowest BCUT2D eigenvalue weighted by Gasteiger charge is -2.28. The van der Waals surface area contributed by atoms with Crippen molar-refractivity contribution in [2.75, 3.05) is 13.7 Å². The maximum Gasteiger partial charge on any atom is 0.317 e. The monoisotopic (exact) mass is 348 g/mol. The summed E-state index contributed by atoms with van der Waals surface area (Å²) >= 11 is 0. The van der Waals surface area contributed by atoms with Crippen LogP contribution < -0.4 is 10.1 Å². The van der Waals surface area contributed by atoms with Crippen LogP contribution in [-0.4, -0.2) is 34.6 Å². The number of rotatable bonds is 3. The van der Waals surface area contributed by atoms with Crippen molar-refractivity contribution in [3.8, 4) is 5.75 Å². The summed E-state index contributed by atoms with van der Waals surface area (Å²) in [7, 11) is 1.64. The number of methoxy groups -OCH3 is 1. The molecule has 4 rings (SSSR count). The molecule has 1 N–H and O–H groups in total. The van der Waals surface area contributed by atoms with Gasteiger partial charge in [-0.15, -0.1) is 0 Å². The Balaban J connectivity index is 1.42. The first kappa shape index (κ1) is 16.3. The molecule has 2 amide bonds. The van der Waals surface area contributed by atoms with E-state index in [0.29, 0.717) is 19.6 Å². The van der Waals surface area contributed by atoms with E-state index in [1.165, 1.54) is 0 Å². The van der Waals surface area contributed by atoms with Gasteiger partial charge < -0.3 is 15.0 Å². The zero-order valence-corrected chi connectivity index (χ0v) is 14.6. The number of urea groups is 1. The van der Waals surface area contributed by atoms with Crippen molar-refractivity contribution >= 4 is 17.1 Å². The van der Waals surface area contributed by atoms with Gasteiger partial charge in [-0.3, -0.25) is 0 Å². The van der Waals surface area contributed by atoms with Gasteiger partial charge in [0, 0.05) is 43.3 Å². The van der Waals surface area contributed by atoms with Gasteiger partial charge in [0.05, 0.1) is 7.11 Å². The van der Waals surface area contributed by atoms with Gasteiger partial charge in [-0.2, -0.15) is 0 Å². The topological polar surface area (TPSA) is 67.3 Å². The molecule has 3 heterocycles. The van der Waals surface area contributed by atoms with Crippen LogP contribution in [0.5, 0.6) is 5.75 Å². The Morgan fingerprint density at radius 3 is 2.92 bits per heavy atom. The van der Waals surface area contributed by atoms with Gasteiger partial charge in [-0.05, 0) is 41.5 Å². The Kier molecular flexibility index (Phi) is 4.39. The van der Waals surface area contributed by atoms with Crippen molar-refractivity contribution in [2.24, 2.45) is 0 Å². The summed E-state index contributed by atoms with van der Waals surface area (Å²) in [4.78, 5) is 23.3. The van der Waals surface area contributed by atoms with Gasteiger partial charge in [0.15, 0.2) is 5.65 Å². The molecule has 2 aromatic heterocycles. The normalized spacial score (nSPS) is 13.3. The zero-order chi connectivity index (χ0) is 17.9. The summed E-state index contributed by atoms with van der Waals surface area (Å²) in [6.45, 7) is 1.72. The molecule has 0 radical (unpaired) electrons. The van der Waals surface area contributed by atoms with Crippen molar-refractivity contribution in [3.63, 3.8) is 0 Å². The van der Waals surface area contributed by atoms with E-state index in [4.69, 9.17) is 4.74 Å². The third-order valence-electron chi connectivity index (χ3n) is 4.63. The van der Waals surface area contributed by atoms with Gasteiger partial charge in [-0.1, -0.05) is 12.1 Å². The Labute approximate surface area is 151 Å². The lowest BCUT2D eigenvalue weighted by atomic mass is 10.0.